The van der Waals surface area contributed by atoms with Gasteiger partial charge in [-0.05, 0) is 77.3 Å². The van der Waals surface area contributed by atoms with Crippen LogP contribution in [0.1, 0.15) is 43.2 Å². The van der Waals surface area contributed by atoms with Crippen molar-refractivity contribution in [1.29, 1.82) is 0 Å². The van der Waals surface area contributed by atoms with Gasteiger partial charge in [0.2, 0.25) is 0 Å². The number of ether oxygens (including phenoxy) is 1. The van der Waals surface area contributed by atoms with E-state index in [-0.39, 0.29) is 11.9 Å². The van der Waals surface area contributed by atoms with E-state index in [0.717, 1.165) is 64.2 Å². The largest absolute Gasteiger partial charge is 0.488 e. The van der Waals surface area contributed by atoms with Gasteiger partial charge in [-0.25, -0.2) is 4.99 Å². The number of carbonyl (C=O) groups is 1. The first-order valence-electron chi connectivity index (χ1n) is 13.4. The molecule has 0 radical (unpaired) electrons. The molecule has 1 aliphatic carbocycles. The van der Waals surface area contributed by atoms with Gasteiger partial charge < -0.3 is 4.74 Å². The van der Waals surface area contributed by atoms with E-state index >= 15 is 0 Å². The summed E-state index contributed by atoms with van der Waals surface area (Å²) < 4.78 is 6.33. The molecule has 4 aromatic rings. The lowest BCUT2D eigenvalue weighted by Gasteiger charge is -2.30. The van der Waals surface area contributed by atoms with Crippen molar-refractivity contribution in [1.82, 2.24) is 4.90 Å². The third-order valence-electron chi connectivity index (χ3n) is 7.27. The molecule has 6 rings (SSSR count). The van der Waals surface area contributed by atoms with Crippen molar-refractivity contribution in [2.45, 2.75) is 44.8 Å². The van der Waals surface area contributed by atoms with Crippen LogP contribution in [0, 0.1) is 0 Å². The molecule has 0 atom stereocenters. The van der Waals surface area contributed by atoms with Crippen LogP contribution in [0.4, 0.5) is 5.69 Å². The molecule has 1 aliphatic heterocycles. The van der Waals surface area contributed by atoms with Crippen LogP contribution in [0.5, 0.6) is 5.75 Å². The normalized spacial score (nSPS) is 18.4. The first kappa shape index (κ1) is 25.7. The van der Waals surface area contributed by atoms with Crippen LogP contribution in [-0.4, -0.2) is 22.0 Å². The Kier molecular flexibility index (Phi) is 7.71. The van der Waals surface area contributed by atoms with E-state index in [1.807, 2.05) is 83.8 Å². The van der Waals surface area contributed by atoms with Gasteiger partial charge in [-0.3, -0.25) is 9.69 Å². The number of hydrogen-bond acceptors (Lipinski definition) is 4. The monoisotopic (exact) mass is 552 g/mol. The highest BCUT2D eigenvalue weighted by Crippen LogP contribution is 2.40. The van der Waals surface area contributed by atoms with Gasteiger partial charge >= 0.3 is 0 Å². The minimum absolute atomic E-state index is 0.0261. The summed E-state index contributed by atoms with van der Waals surface area (Å²) in [6.45, 7) is 0.404. The SMILES string of the molecule is O=C1C(=Cc2c(OCc3ccc(Cl)cc3)ccc3ccccc23)SC(=Nc2ccccc2)N1C1CCCCC1. The summed E-state index contributed by atoms with van der Waals surface area (Å²) in [5.41, 5.74) is 2.78. The second-order valence-corrected chi connectivity index (χ2v) is 11.4. The smallest absolute Gasteiger partial charge is 0.267 e. The molecule has 6 heteroatoms. The molecule has 1 amide bonds. The van der Waals surface area contributed by atoms with Crippen LogP contribution in [0.3, 0.4) is 0 Å². The molecule has 0 aromatic heterocycles. The van der Waals surface area contributed by atoms with Gasteiger partial charge in [0, 0.05) is 16.6 Å². The van der Waals surface area contributed by atoms with Crippen molar-refractivity contribution >= 4 is 57.0 Å². The van der Waals surface area contributed by atoms with Crippen LogP contribution in [-0.2, 0) is 11.4 Å². The lowest BCUT2D eigenvalue weighted by Crippen LogP contribution is -2.40. The summed E-state index contributed by atoms with van der Waals surface area (Å²) in [5.74, 6) is 0.764. The van der Waals surface area contributed by atoms with Gasteiger partial charge in [0.1, 0.15) is 12.4 Å². The number of amides is 1. The van der Waals surface area contributed by atoms with E-state index in [0.29, 0.717) is 16.5 Å². The van der Waals surface area contributed by atoms with Gasteiger partial charge in [-0.15, -0.1) is 0 Å². The predicted molar refractivity (Wildman–Crippen MR) is 163 cm³/mol. The van der Waals surface area contributed by atoms with Crippen LogP contribution < -0.4 is 4.74 Å². The van der Waals surface area contributed by atoms with Gasteiger partial charge in [0.25, 0.3) is 5.91 Å². The number of nitrogens with zero attached hydrogens (tertiary/aromatic N) is 2. The zero-order chi connectivity index (χ0) is 26.6. The number of aliphatic imine (C=N–C) groups is 1. The summed E-state index contributed by atoms with van der Waals surface area (Å²) in [7, 11) is 0. The maximum atomic E-state index is 14.0. The molecule has 1 heterocycles. The van der Waals surface area contributed by atoms with Crippen molar-refractivity contribution in [2.24, 2.45) is 4.99 Å². The Morgan fingerprint density at radius 3 is 2.44 bits per heavy atom. The zero-order valence-corrected chi connectivity index (χ0v) is 23.1. The highest BCUT2D eigenvalue weighted by Gasteiger charge is 2.39. The number of thioether (sulfide) groups is 1. The average Bonchev–Trinajstić information content (AvgIpc) is 3.28. The number of halogens is 1. The van der Waals surface area contributed by atoms with Crippen LogP contribution in [0.15, 0.2) is 101 Å². The standard InChI is InChI=1S/C33H29ClN2O2S/c34-25-18-15-23(16-19-25)22-38-30-20-17-24-9-7-8-14-28(24)29(30)21-31-32(37)36(27-12-5-2-6-13-27)33(39-31)35-26-10-3-1-4-11-26/h1,3-4,7-11,14-21,27H,2,5-6,12-13,22H2. The first-order chi connectivity index (χ1) is 19.2. The number of benzene rings is 4. The van der Waals surface area contributed by atoms with Crippen molar-refractivity contribution in [3.63, 3.8) is 0 Å². The fourth-order valence-electron chi connectivity index (χ4n) is 5.26. The number of para-hydroxylation sites is 1. The van der Waals surface area contributed by atoms with Gasteiger partial charge in [-0.1, -0.05) is 91.5 Å². The molecule has 1 saturated carbocycles. The molecule has 0 N–H and O–H groups in total. The molecular formula is C33H29ClN2O2S. The molecule has 196 valence electrons. The molecule has 2 aliphatic rings. The number of rotatable bonds is 6. The molecule has 39 heavy (non-hydrogen) atoms. The first-order valence-corrected chi connectivity index (χ1v) is 14.6. The summed E-state index contributed by atoms with van der Waals surface area (Å²) in [4.78, 5) is 21.5. The summed E-state index contributed by atoms with van der Waals surface area (Å²) >= 11 is 7.52. The fraction of sp³-hybridized carbons (Fsp3) is 0.212. The Balaban J connectivity index is 1.39. The minimum Gasteiger partial charge on any atom is -0.488 e. The van der Waals surface area contributed by atoms with Crippen molar-refractivity contribution in [3.8, 4) is 5.75 Å². The molecule has 4 nitrogen and oxygen atoms in total. The average molecular weight is 553 g/mol. The Hall–Kier alpha value is -3.54. The van der Waals surface area contributed by atoms with E-state index in [1.54, 1.807) is 0 Å². The quantitative estimate of drug-likeness (QED) is 0.224. The van der Waals surface area contributed by atoms with Crippen LogP contribution in [0.25, 0.3) is 16.8 Å². The molecule has 0 unspecified atom stereocenters. The second kappa shape index (κ2) is 11.7. The Morgan fingerprint density at radius 2 is 1.64 bits per heavy atom. The van der Waals surface area contributed by atoms with Crippen molar-refractivity contribution in [3.05, 3.63) is 112 Å². The minimum atomic E-state index is 0.0261. The molecular weight excluding hydrogens is 524 g/mol. The zero-order valence-electron chi connectivity index (χ0n) is 21.6. The number of hydrogen-bond donors (Lipinski definition) is 0. The Bertz CT molecular complexity index is 1540. The molecule has 0 spiro atoms. The molecule has 0 bridgehead atoms. The van der Waals surface area contributed by atoms with E-state index in [9.17, 15) is 4.79 Å². The second-order valence-electron chi connectivity index (χ2n) is 9.92. The fourth-order valence-corrected chi connectivity index (χ4v) is 6.43. The topological polar surface area (TPSA) is 41.9 Å². The highest BCUT2D eigenvalue weighted by atomic mass is 35.5. The number of carbonyl (C=O) groups excluding carboxylic acids is 1. The molecule has 2 fully saturated rings. The summed E-state index contributed by atoms with van der Waals surface area (Å²) in [6, 6.07) is 30.0. The van der Waals surface area contributed by atoms with Gasteiger partial charge in [-0.2, -0.15) is 0 Å². The third-order valence-corrected chi connectivity index (χ3v) is 8.51. The Labute approximate surface area is 238 Å². The van der Waals surface area contributed by atoms with Crippen LogP contribution in [0.2, 0.25) is 5.02 Å². The highest BCUT2D eigenvalue weighted by molar-refractivity contribution is 8.18. The predicted octanol–water partition coefficient (Wildman–Crippen LogP) is 9.01. The van der Waals surface area contributed by atoms with Crippen LogP contribution >= 0.6 is 23.4 Å². The number of fused-ring (bicyclic) bond motifs is 1. The maximum Gasteiger partial charge on any atom is 0.267 e. The summed E-state index contributed by atoms with van der Waals surface area (Å²) in [6.07, 6.45) is 7.53. The Morgan fingerprint density at radius 1 is 0.897 bits per heavy atom. The maximum absolute atomic E-state index is 14.0. The third kappa shape index (κ3) is 5.75. The molecule has 1 saturated heterocycles. The van der Waals surface area contributed by atoms with E-state index in [4.69, 9.17) is 21.3 Å². The van der Waals surface area contributed by atoms with Gasteiger partial charge in [0.05, 0.1) is 10.6 Å². The lowest BCUT2D eigenvalue weighted by molar-refractivity contribution is -0.124. The van der Waals surface area contributed by atoms with Crippen molar-refractivity contribution < 1.29 is 9.53 Å². The van der Waals surface area contributed by atoms with E-state index < -0.39 is 0 Å². The lowest BCUT2D eigenvalue weighted by atomic mass is 9.94. The van der Waals surface area contributed by atoms with E-state index in [2.05, 4.69) is 18.2 Å². The van der Waals surface area contributed by atoms with E-state index in [1.165, 1.54) is 18.2 Å². The number of amidine groups is 1. The van der Waals surface area contributed by atoms with Gasteiger partial charge in [0.15, 0.2) is 5.17 Å². The molecule has 4 aromatic carbocycles. The summed E-state index contributed by atoms with van der Waals surface area (Å²) in [5, 5.41) is 3.60. The van der Waals surface area contributed by atoms with Crippen molar-refractivity contribution in [2.75, 3.05) is 0 Å².